The Kier molecular flexibility index (Phi) is 6.27. The second kappa shape index (κ2) is 9.16. The van der Waals surface area contributed by atoms with Crippen molar-refractivity contribution >= 4 is 16.0 Å². The summed E-state index contributed by atoms with van der Waals surface area (Å²) in [5.74, 6) is -2.05. The van der Waals surface area contributed by atoms with Gasteiger partial charge in [-0.15, -0.1) is 0 Å². The van der Waals surface area contributed by atoms with Crippen molar-refractivity contribution in [3.8, 4) is 34.0 Å². The fourth-order valence-electron chi connectivity index (χ4n) is 3.51. The average Bonchev–Trinajstić information content (AvgIpc) is 3.27. The fraction of sp³-hybridized carbons (Fsp3) is 0.125. The van der Waals surface area contributed by atoms with Crippen LogP contribution in [0.2, 0.25) is 0 Å². The highest BCUT2D eigenvalue weighted by atomic mass is 32.2. The van der Waals surface area contributed by atoms with Gasteiger partial charge in [-0.05, 0) is 59.5 Å². The number of aromatic nitrogens is 2. The molecule has 0 saturated heterocycles. The van der Waals surface area contributed by atoms with Crippen LogP contribution in [-0.2, 0) is 16.6 Å². The van der Waals surface area contributed by atoms with Crippen molar-refractivity contribution < 1.29 is 27.2 Å². The predicted octanol–water partition coefficient (Wildman–Crippen LogP) is 4.27. The van der Waals surface area contributed by atoms with Gasteiger partial charge >= 0.3 is 5.97 Å². The van der Waals surface area contributed by atoms with Crippen LogP contribution in [0.4, 0.5) is 4.39 Å². The number of carbonyl (C=O) groups is 1. The summed E-state index contributed by atoms with van der Waals surface area (Å²) in [6.07, 6.45) is 1.09. The van der Waals surface area contributed by atoms with Gasteiger partial charge in [0, 0.05) is 17.7 Å². The number of carboxylic acids is 1. The van der Waals surface area contributed by atoms with Gasteiger partial charge in [0.1, 0.15) is 5.82 Å². The molecule has 0 fully saturated rings. The molecule has 0 amide bonds. The van der Waals surface area contributed by atoms with E-state index in [0.717, 1.165) is 35.1 Å². The van der Waals surface area contributed by atoms with E-state index in [1.165, 1.54) is 6.07 Å². The smallest absolute Gasteiger partial charge is 0.338 e. The third kappa shape index (κ3) is 5.03. The molecule has 1 aromatic heterocycles. The maximum atomic E-state index is 14.1. The molecule has 0 unspecified atom stereocenters. The third-order valence-electron chi connectivity index (χ3n) is 5.20. The molecule has 0 aliphatic carbocycles. The quantitative estimate of drug-likeness (QED) is 0.404. The molecular formula is C24H20FN3O5S. The molecule has 0 spiro atoms. The first-order valence-electron chi connectivity index (χ1n) is 10.1. The van der Waals surface area contributed by atoms with Crippen LogP contribution >= 0.6 is 0 Å². The topological polar surface area (TPSA) is 122 Å². The summed E-state index contributed by atoms with van der Waals surface area (Å²) in [6, 6.07) is 16.7. The number of benzene rings is 3. The second-order valence-electron chi connectivity index (χ2n) is 7.70. The van der Waals surface area contributed by atoms with Crippen molar-refractivity contribution in [3.05, 3.63) is 83.2 Å². The van der Waals surface area contributed by atoms with Crippen LogP contribution < -0.4 is 4.72 Å². The van der Waals surface area contributed by atoms with E-state index in [1.54, 1.807) is 12.1 Å². The number of carboxylic acid groups (broad SMARTS) is 1. The Morgan fingerprint density at radius 2 is 1.79 bits per heavy atom. The standard InChI is InChI=1S/C24H20FN3O5S/c1-14-5-3-4-6-18(14)19-9-8-16(11-17(19)13-26-34(2,31)32)23-27-22(28-33-23)15-7-10-20(24(29)30)21(25)12-15/h3-12,26H,13H2,1-2H3,(H,29,30). The van der Waals surface area contributed by atoms with E-state index in [4.69, 9.17) is 9.63 Å². The third-order valence-corrected chi connectivity index (χ3v) is 5.86. The molecule has 0 aliphatic heterocycles. The van der Waals surface area contributed by atoms with E-state index in [2.05, 4.69) is 14.9 Å². The molecule has 4 aromatic rings. The summed E-state index contributed by atoms with van der Waals surface area (Å²) in [5, 5.41) is 12.9. The van der Waals surface area contributed by atoms with Crippen molar-refractivity contribution in [1.29, 1.82) is 0 Å². The number of nitrogens with zero attached hydrogens (tertiary/aromatic N) is 2. The molecule has 2 N–H and O–H groups in total. The number of sulfonamides is 1. The van der Waals surface area contributed by atoms with Crippen LogP contribution in [0, 0.1) is 12.7 Å². The minimum absolute atomic E-state index is 0.0548. The van der Waals surface area contributed by atoms with Crippen LogP contribution in [0.25, 0.3) is 34.0 Å². The summed E-state index contributed by atoms with van der Waals surface area (Å²) in [7, 11) is -3.43. The SMILES string of the molecule is Cc1ccccc1-c1ccc(-c2nc(-c3ccc(C(=O)O)c(F)c3)no2)cc1CNS(C)(=O)=O. The normalized spacial score (nSPS) is 11.5. The van der Waals surface area contributed by atoms with Gasteiger partial charge in [0.15, 0.2) is 0 Å². The highest BCUT2D eigenvalue weighted by Gasteiger charge is 2.17. The number of halogens is 1. The Bertz CT molecular complexity index is 1500. The second-order valence-corrected chi connectivity index (χ2v) is 9.54. The lowest BCUT2D eigenvalue weighted by molar-refractivity contribution is 0.0692. The van der Waals surface area contributed by atoms with Gasteiger partial charge < -0.3 is 9.63 Å². The molecule has 0 radical (unpaired) electrons. The Hall–Kier alpha value is -3.89. The van der Waals surface area contributed by atoms with Crippen LogP contribution in [0.15, 0.2) is 65.2 Å². The van der Waals surface area contributed by atoms with Gasteiger partial charge in [-0.25, -0.2) is 22.3 Å². The Morgan fingerprint density at radius 3 is 2.47 bits per heavy atom. The molecule has 0 aliphatic rings. The zero-order chi connectivity index (χ0) is 24.5. The van der Waals surface area contributed by atoms with Crippen LogP contribution in [-0.4, -0.2) is 35.9 Å². The number of hydrogen-bond acceptors (Lipinski definition) is 6. The van der Waals surface area contributed by atoms with E-state index in [0.29, 0.717) is 11.1 Å². The highest BCUT2D eigenvalue weighted by Crippen LogP contribution is 2.31. The molecule has 3 aromatic carbocycles. The van der Waals surface area contributed by atoms with Crippen LogP contribution in [0.3, 0.4) is 0 Å². The van der Waals surface area contributed by atoms with Gasteiger partial charge in [0.2, 0.25) is 15.8 Å². The lowest BCUT2D eigenvalue weighted by Crippen LogP contribution is -2.21. The van der Waals surface area contributed by atoms with Crippen molar-refractivity contribution in [3.63, 3.8) is 0 Å². The molecule has 10 heteroatoms. The molecule has 174 valence electrons. The minimum atomic E-state index is -3.43. The minimum Gasteiger partial charge on any atom is -0.478 e. The highest BCUT2D eigenvalue weighted by molar-refractivity contribution is 7.88. The number of nitrogens with one attached hydrogen (secondary N) is 1. The number of rotatable bonds is 7. The van der Waals surface area contributed by atoms with E-state index in [-0.39, 0.29) is 23.8 Å². The lowest BCUT2D eigenvalue weighted by atomic mass is 9.94. The Morgan fingerprint density at radius 1 is 1.06 bits per heavy atom. The van der Waals surface area contributed by atoms with Gasteiger partial charge in [-0.1, -0.05) is 35.5 Å². The average molecular weight is 482 g/mol. The Labute approximate surface area is 195 Å². The van der Waals surface area contributed by atoms with E-state index in [1.807, 2.05) is 37.3 Å². The summed E-state index contributed by atoms with van der Waals surface area (Å²) in [4.78, 5) is 15.3. The molecule has 4 rings (SSSR count). The first-order chi connectivity index (χ1) is 16.1. The summed E-state index contributed by atoms with van der Waals surface area (Å²) < 4.78 is 45.4. The van der Waals surface area contributed by atoms with Gasteiger partial charge in [0.25, 0.3) is 5.89 Å². The van der Waals surface area contributed by atoms with E-state index < -0.39 is 27.4 Å². The molecule has 0 saturated carbocycles. The first kappa shape index (κ1) is 23.3. The molecular weight excluding hydrogens is 461 g/mol. The fourth-order valence-corrected chi connectivity index (χ4v) is 3.92. The zero-order valence-corrected chi connectivity index (χ0v) is 19.1. The summed E-state index contributed by atoms with van der Waals surface area (Å²) in [5.41, 5.74) is 3.89. The van der Waals surface area contributed by atoms with Crippen molar-refractivity contribution in [2.24, 2.45) is 0 Å². The predicted molar refractivity (Wildman–Crippen MR) is 124 cm³/mol. The molecule has 34 heavy (non-hydrogen) atoms. The maximum Gasteiger partial charge on any atom is 0.338 e. The molecule has 0 atom stereocenters. The van der Waals surface area contributed by atoms with E-state index >= 15 is 0 Å². The van der Waals surface area contributed by atoms with E-state index in [9.17, 15) is 17.6 Å². The number of hydrogen-bond donors (Lipinski definition) is 2. The first-order valence-corrected chi connectivity index (χ1v) is 12.0. The largest absolute Gasteiger partial charge is 0.478 e. The monoisotopic (exact) mass is 481 g/mol. The number of aromatic carboxylic acids is 1. The maximum absolute atomic E-state index is 14.1. The lowest BCUT2D eigenvalue weighted by Gasteiger charge is -2.13. The van der Waals surface area contributed by atoms with Crippen LogP contribution in [0.1, 0.15) is 21.5 Å². The Balaban J connectivity index is 1.73. The van der Waals surface area contributed by atoms with Crippen LogP contribution in [0.5, 0.6) is 0 Å². The van der Waals surface area contributed by atoms with Crippen molar-refractivity contribution in [1.82, 2.24) is 14.9 Å². The summed E-state index contributed by atoms with van der Waals surface area (Å²) >= 11 is 0. The van der Waals surface area contributed by atoms with Gasteiger partial charge in [-0.2, -0.15) is 4.98 Å². The van der Waals surface area contributed by atoms with Crippen molar-refractivity contribution in [2.45, 2.75) is 13.5 Å². The van der Waals surface area contributed by atoms with Gasteiger partial charge in [0.05, 0.1) is 11.8 Å². The molecule has 0 bridgehead atoms. The molecule has 8 nitrogen and oxygen atoms in total. The van der Waals surface area contributed by atoms with Gasteiger partial charge in [-0.3, -0.25) is 0 Å². The number of aryl methyl sites for hydroxylation is 1. The van der Waals surface area contributed by atoms with Crippen molar-refractivity contribution in [2.75, 3.05) is 6.26 Å². The summed E-state index contributed by atoms with van der Waals surface area (Å²) in [6.45, 7) is 2.02. The zero-order valence-electron chi connectivity index (χ0n) is 18.2. The molecule has 1 heterocycles.